The quantitative estimate of drug-likeness (QED) is 0.665. The smallest absolute Gasteiger partial charge is 0.407 e. The van der Waals surface area contributed by atoms with Crippen molar-refractivity contribution in [2.24, 2.45) is 0 Å². The molecule has 94 valence electrons. The topological polar surface area (TPSA) is 95.9 Å². The number of aliphatic hydroxyl groups excluding tert-OH is 1. The Morgan fingerprint density at radius 3 is 2.19 bits per heavy atom. The third-order valence-electron chi connectivity index (χ3n) is 1.78. The summed E-state index contributed by atoms with van der Waals surface area (Å²) >= 11 is 0. The first-order valence-corrected chi connectivity index (χ1v) is 5.07. The summed E-state index contributed by atoms with van der Waals surface area (Å²) in [5, 5.41) is 20.2. The van der Waals surface area contributed by atoms with Gasteiger partial charge < -0.3 is 20.3 Å². The van der Waals surface area contributed by atoms with Gasteiger partial charge in [0, 0.05) is 0 Å². The van der Waals surface area contributed by atoms with E-state index in [0.29, 0.717) is 6.42 Å². The Morgan fingerprint density at radius 1 is 1.38 bits per heavy atom. The van der Waals surface area contributed by atoms with Gasteiger partial charge in [0.1, 0.15) is 5.60 Å². The number of aliphatic carboxylic acids is 1. The summed E-state index contributed by atoms with van der Waals surface area (Å²) in [4.78, 5) is 21.8. The highest BCUT2D eigenvalue weighted by Crippen LogP contribution is 2.08. The van der Waals surface area contributed by atoms with E-state index in [9.17, 15) is 14.7 Å². The lowest BCUT2D eigenvalue weighted by Gasteiger charge is -2.24. The van der Waals surface area contributed by atoms with Crippen molar-refractivity contribution in [2.75, 3.05) is 0 Å². The van der Waals surface area contributed by atoms with Crippen molar-refractivity contribution in [1.82, 2.24) is 5.32 Å². The molecule has 0 heterocycles. The van der Waals surface area contributed by atoms with Crippen molar-refractivity contribution in [2.45, 2.75) is 51.9 Å². The van der Waals surface area contributed by atoms with Crippen LogP contribution in [0.3, 0.4) is 0 Å². The van der Waals surface area contributed by atoms with E-state index >= 15 is 0 Å². The van der Waals surface area contributed by atoms with Crippen LogP contribution in [0.1, 0.15) is 34.1 Å². The standard InChI is InChI=1S/C10H19NO5/c1-5-6(7(12)8(13)14)11-9(15)16-10(2,3)4/h6-7,12H,5H2,1-4H3,(H,11,15)(H,13,14)/t6-,7?/m0/s1. The number of rotatable bonds is 4. The molecule has 0 aromatic rings. The average molecular weight is 233 g/mol. The van der Waals surface area contributed by atoms with E-state index in [4.69, 9.17) is 9.84 Å². The van der Waals surface area contributed by atoms with Gasteiger partial charge in [0.15, 0.2) is 6.10 Å². The molecule has 1 unspecified atom stereocenters. The highest BCUT2D eigenvalue weighted by molar-refractivity contribution is 5.75. The number of carboxylic acids is 1. The Kier molecular flexibility index (Phi) is 5.23. The van der Waals surface area contributed by atoms with Gasteiger partial charge in [0.05, 0.1) is 6.04 Å². The molecule has 2 atom stereocenters. The van der Waals surface area contributed by atoms with Gasteiger partial charge in [-0.3, -0.25) is 0 Å². The van der Waals surface area contributed by atoms with Crippen LogP contribution in [0.2, 0.25) is 0 Å². The van der Waals surface area contributed by atoms with Gasteiger partial charge in [0.2, 0.25) is 0 Å². The van der Waals surface area contributed by atoms with Crippen molar-refractivity contribution in [3.8, 4) is 0 Å². The first-order chi connectivity index (χ1) is 7.17. The van der Waals surface area contributed by atoms with Gasteiger partial charge in [-0.05, 0) is 27.2 Å². The van der Waals surface area contributed by atoms with Crippen molar-refractivity contribution < 1.29 is 24.5 Å². The van der Waals surface area contributed by atoms with Crippen LogP contribution < -0.4 is 5.32 Å². The number of ether oxygens (including phenoxy) is 1. The lowest BCUT2D eigenvalue weighted by molar-refractivity contribution is -0.148. The summed E-state index contributed by atoms with van der Waals surface area (Å²) in [6, 6.07) is -0.854. The molecule has 0 saturated heterocycles. The first-order valence-electron chi connectivity index (χ1n) is 5.07. The number of amides is 1. The molecule has 16 heavy (non-hydrogen) atoms. The van der Waals surface area contributed by atoms with Crippen LogP contribution in [0.25, 0.3) is 0 Å². The van der Waals surface area contributed by atoms with Gasteiger partial charge in [-0.25, -0.2) is 9.59 Å². The van der Waals surface area contributed by atoms with Crippen molar-refractivity contribution in [3.63, 3.8) is 0 Å². The van der Waals surface area contributed by atoms with Gasteiger partial charge in [-0.1, -0.05) is 6.92 Å². The Morgan fingerprint density at radius 2 is 1.88 bits per heavy atom. The lowest BCUT2D eigenvalue weighted by Crippen LogP contribution is -2.48. The molecule has 6 heteroatoms. The molecule has 0 fully saturated rings. The van der Waals surface area contributed by atoms with Gasteiger partial charge in [0.25, 0.3) is 0 Å². The molecule has 1 amide bonds. The van der Waals surface area contributed by atoms with Crippen LogP contribution in [-0.4, -0.2) is 40.0 Å². The normalized spacial score (nSPS) is 15.1. The molecule has 0 rings (SSSR count). The molecular weight excluding hydrogens is 214 g/mol. The molecule has 0 bridgehead atoms. The van der Waals surface area contributed by atoms with E-state index < -0.39 is 29.8 Å². The number of nitrogens with one attached hydrogen (secondary N) is 1. The fourth-order valence-corrected chi connectivity index (χ4v) is 1.04. The molecule has 0 aromatic carbocycles. The molecule has 0 aliphatic rings. The molecule has 0 aromatic heterocycles. The van der Waals surface area contributed by atoms with Crippen LogP contribution in [0.5, 0.6) is 0 Å². The summed E-state index contributed by atoms with van der Waals surface area (Å²) in [6.45, 7) is 6.75. The number of carboxylic acid groups (broad SMARTS) is 1. The van der Waals surface area contributed by atoms with Gasteiger partial charge in [-0.15, -0.1) is 0 Å². The second-order valence-corrected chi connectivity index (χ2v) is 4.44. The summed E-state index contributed by atoms with van der Waals surface area (Å²) in [5.41, 5.74) is -0.656. The zero-order valence-corrected chi connectivity index (χ0v) is 9.98. The van der Waals surface area contributed by atoms with Crippen molar-refractivity contribution in [3.05, 3.63) is 0 Å². The highest BCUT2D eigenvalue weighted by Gasteiger charge is 2.27. The predicted molar refractivity (Wildman–Crippen MR) is 57.1 cm³/mol. The first kappa shape index (κ1) is 14.7. The fraction of sp³-hybridized carbons (Fsp3) is 0.800. The lowest BCUT2D eigenvalue weighted by atomic mass is 10.1. The summed E-state index contributed by atoms with van der Waals surface area (Å²) in [7, 11) is 0. The summed E-state index contributed by atoms with van der Waals surface area (Å²) in [5.74, 6) is -1.37. The minimum atomic E-state index is -1.63. The number of hydrogen-bond donors (Lipinski definition) is 3. The van der Waals surface area contributed by atoms with Crippen LogP contribution in [0.4, 0.5) is 4.79 Å². The van der Waals surface area contributed by atoms with E-state index in [1.165, 1.54) is 0 Å². The maximum atomic E-state index is 11.3. The average Bonchev–Trinajstić information content (AvgIpc) is 2.09. The van der Waals surface area contributed by atoms with Crippen LogP contribution in [0.15, 0.2) is 0 Å². The van der Waals surface area contributed by atoms with E-state index in [0.717, 1.165) is 0 Å². The molecule has 0 aliphatic carbocycles. The van der Waals surface area contributed by atoms with E-state index in [1.54, 1.807) is 27.7 Å². The van der Waals surface area contributed by atoms with Crippen LogP contribution in [-0.2, 0) is 9.53 Å². The third-order valence-corrected chi connectivity index (χ3v) is 1.78. The van der Waals surface area contributed by atoms with Crippen molar-refractivity contribution in [1.29, 1.82) is 0 Å². The molecule has 0 spiro atoms. The Bertz CT molecular complexity index is 258. The minimum absolute atomic E-state index is 0.298. The molecule has 0 aliphatic heterocycles. The maximum Gasteiger partial charge on any atom is 0.407 e. The van der Waals surface area contributed by atoms with Crippen molar-refractivity contribution >= 4 is 12.1 Å². The number of carbonyl (C=O) groups is 2. The zero-order chi connectivity index (χ0) is 12.9. The fourth-order valence-electron chi connectivity index (χ4n) is 1.04. The number of aliphatic hydroxyl groups is 1. The monoisotopic (exact) mass is 233 g/mol. The van der Waals surface area contributed by atoms with Gasteiger partial charge >= 0.3 is 12.1 Å². The van der Waals surface area contributed by atoms with E-state index in [2.05, 4.69) is 5.32 Å². The van der Waals surface area contributed by atoms with Crippen LogP contribution >= 0.6 is 0 Å². The number of carbonyl (C=O) groups excluding carboxylic acids is 1. The maximum absolute atomic E-state index is 11.3. The van der Waals surface area contributed by atoms with Crippen LogP contribution in [0, 0.1) is 0 Å². The Hall–Kier alpha value is -1.30. The Labute approximate surface area is 94.6 Å². The third kappa shape index (κ3) is 5.55. The minimum Gasteiger partial charge on any atom is -0.479 e. The molecule has 0 radical (unpaired) electrons. The molecule has 6 nitrogen and oxygen atoms in total. The Balaban J connectivity index is 4.33. The van der Waals surface area contributed by atoms with E-state index in [1.807, 2.05) is 0 Å². The zero-order valence-electron chi connectivity index (χ0n) is 9.98. The largest absolute Gasteiger partial charge is 0.479 e. The second kappa shape index (κ2) is 5.69. The second-order valence-electron chi connectivity index (χ2n) is 4.44. The summed E-state index contributed by atoms with van der Waals surface area (Å²) in [6.07, 6.45) is -2.07. The SMILES string of the molecule is CC[C@H](NC(=O)OC(C)(C)C)C(O)C(=O)O. The number of hydrogen-bond acceptors (Lipinski definition) is 4. The molecule has 3 N–H and O–H groups in total. The molecule has 0 saturated carbocycles. The predicted octanol–water partition coefficient (Wildman–Crippen LogP) is 0.735. The molecular formula is C10H19NO5. The number of alkyl carbamates (subject to hydrolysis) is 1. The highest BCUT2D eigenvalue weighted by atomic mass is 16.6. The summed E-state index contributed by atoms with van der Waals surface area (Å²) < 4.78 is 4.95. The van der Waals surface area contributed by atoms with E-state index in [-0.39, 0.29) is 0 Å². The van der Waals surface area contributed by atoms with Gasteiger partial charge in [-0.2, -0.15) is 0 Å².